The van der Waals surface area contributed by atoms with Gasteiger partial charge >= 0.3 is 11.9 Å². The molecule has 0 aromatic heterocycles. The number of carbonyl (C=O) groups is 2. The van der Waals surface area contributed by atoms with Crippen molar-refractivity contribution in [2.24, 2.45) is 0 Å². The van der Waals surface area contributed by atoms with Crippen molar-refractivity contribution in [3.05, 3.63) is 0 Å². The van der Waals surface area contributed by atoms with Gasteiger partial charge in [0.05, 0.1) is 0 Å². The van der Waals surface area contributed by atoms with E-state index in [1.165, 1.54) is 0 Å². The Morgan fingerprint density at radius 2 is 1.21 bits per heavy atom. The second-order valence-corrected chi connectivity index (χ2v) is 3.70. The number of esters is 2. The van der Waals surface area contributed by atoms with Crippen LogP contribution in [0.4, 0.5) is 0 Å². The molecule has 0 unspecified atom stereocenters. The molecular formula is C8H12I2O4. The molecule has 6 heteroatoms. The summed E-state index contributed by atoms with van der Waals surface area (Å²) in [6.45, 7) is 0. The largest absolute Gasteiger partial charge is 0.455 e. The van der Waals surface area contributed by atoms with Gasteiger partial charge in [0, 0.05) is 12.8 Å². The molecule has 0 aromatic rings. The summed E-state index contributed by atoms with van der Waals surface area (Å²) in [5, 5.41) is 0. The molecule has 0 radical (unpaired) electrons. The molecule has 0 atom stereocenters. The third-order valence-corrected chi connectivity index (χ3v) is 2.07. The fraction of sp³-hybridized carbons (Fsp3) is 0.750. The van der Waals surface area contributed by atoms with E-state index >= 15 is 0 Å². The van der Waals surface area contributed by atoms with Crippen molar-refractivity contribution in [3.63, 3.8) is 0 Å². The van der Waals surface area contributed by atoms with E-state index in [2.05, 4.69) is 0 Å². The highest BCUT2D eigenvalue weighted by atomic mass is 127. The fourth-order valence-electron chi connectivity index (χ4n) is 0.805. The zero-order valence-corrected chi connectivity index (χ0v) is 11.9. The molecule has 0 spiro atoms. The molecule has 0 rings (SSSR count). The quantitative estimate of drug-likeness (QED) is 0.272. The summed E-state index contributed by atoms with van der Waals surface area (Å²) in [4.78, 5) is 21.7. The molecule has 0 aliphatic carbocycles. The monoisotopic (exact) mass is 426 g/mol. The number of unbranched alkanes of at least 4 members (excludes halogenated alkanes) is 1. The minimum Gasteiger partial charge on any atom is -0.455 e. The molecule has 0 saturated heterocycles. The van der Waals surface area contributed by atoms with Crippen LogP contribution in [0.5, 0.6) is 0 Å². The lowest BCUT2D eigenvalue weighted by Gasteiger charge is -2.01. The molecule has 0 aromatic carbocycles. The molecule has 0 aliphatic heterocycles. The smallest absolute Gasteiger partial charge is 0.306 e. The van der Waals surface area contributed by atoms with Crippen LogP contribution < -0.4 is 0 Å². The Kier molecular flexibility index (Phi) is 10.2. The van der Waals surface area contributed by atoms with Crippen molar-refractivity contribution in [1.29, 1.82) is 0 Å². The predicted octanol–water partition coefficient (Wildman–Crippen LogP) is 2.42. The Hall–Kier alpha value is 0.400. The minimum atomic E-state index is -0.207. The Morgan fingerprint density at radius 3 is 1.50 bits per heavy atom. The molecule has 82 valence electrons. The molecule has 14 heavy (non-hydrogen) atoms. The van der Waals surface area contributed by atoms with Crippen LogP contribution in [0.1, 0.15) is 25.7 Å². The van der Waals surface area contributed by atoms with Crippen molar-refractivity contribution in [2.45, 2.75) is 25.7 Å². The SMILES string of the molecule is O=C(CCCCC(=O)OCI)OCI. The van der Waals surface area contributed by atoms with Gasteiger partial charge in [0.1, 0.15) is 9.23 Å². The number of carbonyl (C=O) groups excluding carboxylic acids is 2. The van der Waals surface area contributed by atoms with Crippen LogP contribution in [0.2, 0.25) is 0 Å². The van der Waals surface area contributed by atoms with E-state index in [1.807, 2.05) is 45.2 Å². The maximum atomic E-state index is 10.9. The van der Waals surface area contributed by atoms with Crippen molar-refractivity contribution < 1.29 is 19.1 Å². The molecule has 0 amide bonds. The first kappa shape index (κ1) is 14.4. The van der Waals surface area contributed by atoms with Gasteiger partial charge in [0.15, 0.2) is 0 Å². The molecule has 0 fully saturated rings. The Bertz CT molecular complexity index is 164. The van der Waals surface area contributed by atoms with Crippen molar-refractivity contribution in [2.75, 3.05) is 9.23 Å². The topological polar surface area (TPSA) is 52.6 Å². The number of ether oxygens (including phenoxy) is 2. The third-order valence-electron chi connectivity index (χ3n) is 1.44. The molecule has 0 heterocycles. The fourth-order valence-corrected chi connectivity index (χ4v) is 1.50. The summed E-state index contributed by atoms with van der Waals surface area (Å²) in [5.74, 6) is -0.414. The first-order valence-electron chi connectivity index (χ1n) is 4.14. The van der Waals surface area contributed by atoms with Gasteiger partial charge < -0.3 is 9.47 Å². The second kappa shape index (κ2) is 9.94. The van der Waals surface area contributed by atoms with E-state index in [-0.39, 0.29) is 11.9 Å². The van der Waals surface area contributed by atoms with Gasteiger partial charge in [-0.3, -0.25) is 9.59 Å². The van der Waals surface area contributed by atoms with Crippen LogP contribution in [-0.2, 0) is 19.1 Å². The van der Waals surface area contributed by atoms with Crippen LogP contribution in [-0.4, -0.2) is 21.2 Å². The van der Waals surface area contributed by atoms with Gasteiger partial charge in [-0.1, -0.05) is 0 Å². The summed E-state index contributed by atoms with van der Waals surface area (Å²) in [7, 11) is 0. The molecule has 4 nitrogen and oxygen atoms in total. The Morgan fingerprint density at radius 1 is 0.857 bits per heavy atom. The average molecular weight is 426 g/mol. The van der Waals surface area contributed by atoms with Crippen molar-refractivity contribution >= 4 is 57.1 Å². The number of hydrogen-bond acceptors (Lipinski definition) is 4. The van der Waals surface area contributed by atoms with E-state index in [4.69, 9.17) is 9.47 Å². The van der Waals surface area contributed by atoms with E-state index in [0.717, 1.165) is 0 Å². The van der Waals surface area contributed by atoms with Crippen molar-refractivity contribution in [1.82, 2.24) is 0 Å². The lowest BCUT2D eigenvalue weighted by molar-refractivity contribution is -0.143. The third kappa shape index (κ3) is 8.97. The summed E-state index contributed by atoms with van der Waals surface area (Å²) in [5.41, 5.74) is 0. The Labute approximate surface area is 110 Å². The second-order valence-electron chi connectivity index (χ2n) is 2.46. The highest BCUT2D eigenvalue weighted by molar-refractivity contribution is 14.1. The number of hydrogen-bond donors (Lipinski definition) is 0. The van der Waals surface area contributed by atoms with Gasteiger partial charge in [-0.25, -0.2) is 0 Å². The molecule has 0 saturated carbocycles. The van der Waals surface area contributed by atoms with Crippen LogP contribution in [0.3, 0.4) is 0 Å². The van der Waals surface area contributed by atoms with Crippen molar-refractivity contribution in [3.8, 4) is 0 Å². The van der Waals surface area contributed by atoms with Gasteiger partial charge in [-0.2, -0.15) is 0 Å². The number of alkyl halides is 2. The first-order chi connectivity index (χ1) is 6.70. The number of rotatable bonds is 7. The van der Waals surface area contributed by atoms with Crippen LogP contribution in [0.25, 0.3) is 0 Å². The standard InChI is InChI=1S/C8H12I2O4/c9-5-13-7(11)3-1-2-4-8(12)14-6-10/h1-6H2. The summed E-state index contributed by atoms with van der Waals surface area (Å²) >= 11 is 3.93. The summed E-state index contributed by atoms with van der Waals surface area (Å²) in [6, 6.07) is 0. The molecule has 0 N–H and O–H groups in total. The van der Waals surface area contributed by atoms with E-state index in [0.29, 0.717) is 34.9 Å². The number of halogens is 2. The van der Waals surface area contributed by atoms with Crippen LogP contribution in [0, 0.1) is 0 Å². The highest BCUT2D eigenvalue weighted by Gasteiger charge is 2.04. The normalized spacial score (nSPS) is 9.57. The van der Waals surface area contributed by atoms with Gasteiger partial charge in [-0.05, 0) is 58.0 Å². The maximum absolute atomic E-state index is 10.9. The first-order valence-corrected chi connectivity index (χ1v) is 7.19. The van der Waals surface area contributed by atoms with Crippen LogP contribution >= 0.6 is 45.2 Å². The molecule has 0 bridgehead atoms. The average Bonchev–Trinajstić information content (AvgIpc) is 2.13. The van der Waals surface area contributed by atoms with Gasteiger partial charge in [0.25, 0.3) is 0 Å². The maximum Gasteiger partial charge on any atom is 0.306 e. The zero-order valence-electron chi connectivity index (χ0n) is 7.63. The summed E-state index contributed by atoms with van der Waals surface area (Å²) in [6.07, 6.45) is 2.10. The van der Waals surface area contributed by atoms with E-state index in [1.54, 1.807) is 0 Å². The van der Waals surface area contributed by atoms with E-state index < -0.39 is 0 Å². The lowest BCUT2D eigenvalue weighted by atomic mass is 10.2. The summed E-state index contributed by atoms with van der Waals surface area (Å²) < 4.78 is 10.2. The highest BCUT2D eigenvalue weighted by Crippen LogP contribution is 2.03. The van der Waals surface area contributed by atoms with E-state index in [9.17, 15) is 9.59 Å². The van der Waals surface area contributed by atoms with Gasteiger partial charge in [-0.15, -0.1) is 0 Å². The minimum absolute atomic E-state index is 0.207. The van der Waals surface area contributed by atoms with Crippen LogP contribution in [0.15, 0.2) is 0 Å². The van der Waals surface area contributed by atoms with Gasteiger partial charge in [0.2, 0.25) is 0 Å². The zero-order chi connectivity index (χ0) is 10.8. The lowest BCUT2D eigenvalue weighted by Crippen LogP contribution is -2.04. The Balaban J connectivity index is 3.28. The predicted molar refractivity (Wildman–Crippen MR) is 68.4 cm³/mol. The molecular weight excluding hydrogens is 414 g/mol. The molecule has 0 aliphatic rings.